The minimum atomic E-state index is -0.173. The number of hydrogen-bond donors (Lipinski definition) is 1. The number of aliphatic imine (C=N–C) groups is 1. The molecule has 0 bridgehead atoms. The number of allylic oxidation sites excluding steroid dienone is 2. The van der Waals surface area contributed by atoms with E-state index in [0.29, 0.717) is 24.1 Å². The fraction of sp³-hybridized carbons (Fsp3) is 0.412. The van der Waals surface area contributed by atoms with E-state index < -0.39 is 0 Å². The van der Waals surface area contributed by atoms with Crippen molar-refractivity contribution in [2.24, 2.45) is 10.4 Å². The van der Waals surface area contributed by atoms with E-state index >= 15 is 0 Å². The van der Waals surface area contributed by atoms with Gasteiger partial charge in [-0.1, -0.05) is 32.0 Å². The lowest BCUT2D eigenvalue weighted by Gasteiger charge is -2.29. The lowest BCUT2D eigenvalue weighted by Crippen LogP contribution is -2.28. The number of para-hydroxylation sites is 1. The molecule has 0 saturated heterocycles. The second-order valence-electron chi connectivity index (χ2n) is 6.25. The maximum absolute atomic E-state index is 12.2. The van der Waals surface area contributed by atoms with Crippen LogP contribution in [0.2, 0.25) is 0 Å². The van der Waals surface area contributed by atoms with E-state index in [1.54, 1.807) is 6.92 Å². The number of nitrogens with zero attached hydrogens (tertiary/aromatic N) is 1. The molecule has 3 nitrogen and oxygen atoms in total. The predicted octanol–water partition coefficient (Wildman–Crippen LogP) is 4.29. The molecule has 1 aromatic carbocycles. The molecular formula is C17H21NO2. The van der Waals surface area contributed by atoms with Gasteiger partial charge < -0.3 is 5.11 Å². The minimum absolute atomic E-state index is 0.0198. The summed E-state index contributed by atoms with van der Waals surface area (Å²) < 4.78 is 0. The predicted molar refractivity (Wildman–Crippen MR) is 81.6 cm³/mol. The van der Waals surface area contributed by atoms with Crippen LogP contribution >= 0.6 is 0 Å². The van der Waals surface area contributed by atoms with E-state index in [4.69, 9.17) is 0 Å². The molecule has 20 heavy (non-hydrogen) atoms. The van der Waals surface area contributed by atoms with Crippen molar-refractivity contribution in [3.05, 3.63) is 41.2 Å². The van der Waals surface area contributed by atoms with Crippen LogP contribution in [0.4, 0.5) is 5.69 Å². The normalized spacial score (nSPS) is 19.4. The number of aliphatic hydroxyl groups is 1. The van der Waals surface area contributed by atoms with Gasteiger partial charge in [0.05, 0.1) is 17.0 Å². The smallest absolute Gasteiger partial charge is 0.168 e. The molecule has 0 aliphatic heterocycles. The fourth-order valence-electron chi connectivity index (χ4n) is 2.62. The quantitative estimate of drug-likeness (QED) is 0.816. The molecule has 0 radical (unpaired) electrons. The Morgan fingerprint density at radius 1 is 1.25 bits per heavy atom. The lowest BCUT2D eigenvalue weighted by molar-refractivity contribution is -0.117. The van der Waals surface area contributed by atoms with Gasteiger partial charge in [0.1, 0.15) is 5.76 Å². The van der Waals surface area contributed by atoms with Crippen LogP contribution in [0, 0.1) is 12.3 Å². The van der Waals surface area contributed by atoms with Crippen molar-refractivity contribution in [2.75, 3.05) is 0 Å². The summed E-state index contributed by atoms with van der Waals surface area (Å²) in [5.41, 5.74) is 2.71. The van der Waals surface area contributed by atoms with Crippen molar-refractivity contribution < 1.29 is 9.90 Å². The highest BCUT2D eigenvalue weighted by molar-refractivity contribution is 6.23. The average molecular weight is 271 g/mol. The van der Waals surface area contributed by atoms with Gasteiger partial charge in [0.15, 0.2) is 5.78 Å². The van der Waals surface area contributed by atoms with Gasteiger partial charge in [-0.3, -0.25) is 9.79 Å². The van der Waals surface area contributed by atoms with E-state index in [1.807, 2.05) is 45.0 Å². The van der Waals surface area contributed by atoms with E-state index in [-0.39, 0.29) is 17.0 Å². The maximum Gasteiger partial charge on any atom is 0.168 e. The molecule has 3 heteroatoms. The van der Waals surface area contributed by atoms with E-state index in [2.05, 4.69) is 4.99 Å². The van der Waals surface area contributed by atoms with Crippen LogP contribution in [0.5, 0.6) is 0 Å². The molecule has 0 atom stereocenters. The molecule has 0 spiro atoms. The largest absolute Gasteiger partial charge is 0.511 e. The second-order valence-corrected chi connectivity index (χ2v) is 6.25. The lowest BCUT2D eigenvalue weighted by atomic mass is 9.76. The fourth-order valence-corrected chi connectivity index (χ4v) is 2.62. The maximum atomic E-state index is 12.2. The number of rotatable bonds is 2. The summed E-state index contributed by atoms with van der Waals surface area (Å²) in [4.78, 5) is 16.7. The summed E-state index contributed by atoms with van der Waals surface area (Å²) in [6.45, 7) is 7.75. The van der Waals surface area contributed by atoms with Crippen molar-refractivity contribution in [1.82, 2.24) is 0 Å². The summed E-state index contributed by atoms with van der Waals surface area (Å²) >= 11 is 0. The zero-order valence-corrected chi connectivity index (χ0v) is 12.5. The Morgan fingerprint density at radius 2 is 1.90 bits per heavy atom. The van der Waals surface area contributed by atoms with E-state index in [1.165, 1.54) is 0 Å². The zero-order chi connectivity index (χ0) is 14.9. The van der Waals surface area contributed by atoms with Crippen LogP contribution in [-0.2, 0) is 4.79 Å². The first-order chi connectivity index (χ1) is 9.30. The van der Waals surface area contributed by atoms with Crippen LogP contribution in [-0.4, -0.2) is 16.6 Å². The van der Waals surface area contributed by atoms with Crippen molar-refractivity contribution >= 4 is 17.2 Å². The Bertz CT molecular complexity index is 609. The van der Waals surface area contributed by atoms with Crippen LogP contribution in [0.15, 0.2) is 40.6 Å². The van der Waals surface area contributed by atoms with Crippen LogP contribution in [0.3, 0.4) is 0 Å². The molecule has 1 N–H and O–H groups in total. The van der Waals surface area contributed by atoms with Gasteiger partial charge in [0.25, 0.3) is 0 Å². The Labute approximate surface area is 120 Å². The SMILES string of the molecule is CC(=Nc1ccccc1C)C1=C(O)CC(C)(C)CC1=O. The van der Waals surface area contributed by atoms with Gasteiger partial charge >= 0.3 is 0 Å². The monoisotopic (exact) mass is 271 g/mol. The molecule has 106 valence electrons. The number of ketones is 1. The Balaban J connectivity index is 2.41. The Morgan fingerprint density at radius 3 is 2.50 bits per heavy atom. The molecule has 0 amide bonds. The zero-order valence-electron chi connectivity index (χ0n) is 12.5. The number of Topliss-reactive ketones (excluding diaryl/α,β-unsaturated/α-hetero) is 1. The minimum Gasteiger partial charge on any atom is -0.511 e. The Kier molecular flexibility index (Phi) is 3.80. The van der Waals surface area contributed by atoms with Crippen molar-refractivity contribution in [3.63, 3.8) is 0 Å². The first-order valence-electron chi connectivity index (χ1n) is 6.87. The van der Waals surface area contributed by atoms with Crippen LogP contribution in [0.1, 0.15) is 39.2 Å². The summed E-state index contributed by atoms with van der Waals surface area (Å²) in [5.74, 6) is 0.148. The molecule has 0 fully saturated rings. The van der Waals surface area contributed by atoms with Gasteiger partial charge in [0.2, 0.25) is 0 Å². The molecule has 0 saturated carbocycles. The summed E-state index contributed by atoms with van der Waals surface area (Å²) in [6.07, 6.45) is 0.974. The number of carbonyl (C=O) groups is 1. The number of aliphatic hydroxyl groups excluding tert-OH is 1. The second kappa shape index (κ2) is 5.23. The molecule has 1 aliphatic rings. The van der Waals surface area contributed by atoms with Gasteiger partial charge in [-0.15, -0.1) is 0 Å². The number of hydrogen-bond acceptors (Lipinski definition) is 3. The van der Waals surface area contributed by atoms with Crippen molar-refractivity contribution in [3.8, 4) is 0 Å². The molecule has 2 rings (SSSR count). The average Bonchev–Trinajstić information content (AvgIpc) is 2.29. The van der Waals surface area contributed by atoms with Gasteiger partial charge in [-0.05, 0) is 30.9 Å². The number of benzene rings is 1. The highest BCUT2D eigenvalue weighted by atomic mass is 16.3. The third kappa shape index (κ3) is 2.98. The van der Waals surface area contributed by atoms with Crippen molar-refractivity contribution in [2.45, 2.75) is 40.5 Å². The molecule has 1 aromatic rings. The standard InChI is InChI=1S/C17H21NO2/c1-11-7-5-6-8-13(11)18-12(2)16-14(19)9-17(3,4)10-15(16)20/h5-8,19H,9-10H2,1-4H3. The topological polar surface area (TPSA) is 49.7 Å². The number of carbonyl (C=O) groups excluding carboxylic acids is 1. The third-order valence-electron chi connectivity index (χ3n) is 3.62. The summed E-state index contributed by atoms with van der Waals surface area (Å²) in [6, 6.07) is 7.76. The highest BCUT2D eigenvalue weighted by Crippen LogP contribution is 2.36. The first kappa shape index (κ1) is 14.5. The summed E-state index contributed by atoms with van der Waals surface area (Å²) in [5, 5.41) is 10.2. The molecular weight excluding hydrogens is 250 g/mol. The van der Waals surface area contributed by atoms with Gasteiger partial charge in [-0.2, -0.15) is 0 Å². The highest BCUT2D eigenvalue weighted by Gasteiger charge is 2.34. The van der Waals surface area contributed by atoms with Gasteiger partial charge in [-0.25, -0.2) is 0 Å². The molecule has 0 aromatic heterocycles. The molecule has 0 unspecified atom stereocenters. The summed E-state index contributed by atoms with van der Waals surface area (Å²) in [7, 11) is 0. The Hall–Kier alpha value is -1.90. The van der Waals surface area contributed by atoms with Crippen molar-refractivity contribution in [1.29, 1.82) is 0 Å². The van der Waals surface area contributed by atoms with Crippen LogP contribution in [0.25, 0.3) is 0 Å². The molecule has 0 heterocycles. The third-order valence-corrected chi connectivity index (χ3v) is 3.62. The van der Waals surface area contributed by atoms with E-state index in [0.717, 1.165) is 11.3 Å². The van der Waals surface area contributed by atoms with Gasteiger partial charge in [0, 0.05) is 12.8 Å². The van der Waals surface area contributed by atoms with Crippen LogP contribution < -0.4 is 0 Å². The first-order valence-corrected chi connectivity index (χ1v) is 6.87. The number of aryl methyl sites for hydroxylation is 1. The molecule has 1 aliphatic carbocycles. The van der Waals surface area contributed by atoms with E-state index in [9.17, 15) is 9.90 Å².